The number of carbonyl (C=O) groups is 2. The van der Waals surface area contributed by atoms with Crippen LogP contribution in [-0.4, -0.2) is 34.4 Å². The van der Waals surface area contributed by atoms with Gasteiger partial charge in [0.1, 0.15) is 5.75 Å². The maximum atomic E-state index is 12.2. The molecular formula is C18H18N4O3S3. The van der Waals surface area contributed by atoms with E-state index < -0.39 is 0 Å². The van der Waals surface area contributed by atoms with Crippen LogP contribution in [-0.2, 0) is 4.79 Å². The highest BCUT2D eigenvalue weighted by Gasteiger charge is 2.14. The highest BCUT2D eigenvalue weighted by atomic mass is 32.2. The number of para-hydroxylation sites is 2. The number of hydrogen-bond acceptors (Lipinski definition) is 8. The van der Waals surface area contributed by atoms with Gasteiger partial charge < -0.3 is 10.1 Å². The van der Waals surface area contributed by atoms with E-state index in [2.05, 4.69) is 20.8 Å². The topological polar surface area (TPSA) is 93.2 Å². The fourth-order valence-electron chi connectivity index (χ4n) is 2.19. The first-order valence-electron chi connectivity index (χ1n) is 8.39. The van der Waals surface area contributed by atoms with Crippen LogP contribution in [0.5, 0.6) is 5.75 Å². The Morgan fingerprint density at radius 1 is 1.21 bits per heavy atom. The minimum Gasteiger partial charge on any atom is -0.492 e. The number of benzene rings is 1. The molecule has 146 valence electrons. The number of rotatable bonds is 8. The number of carbonyl (C=O) groups excluding carboxylic acids is 2. The van der Waals surface area contributed by atoms with Crippen LogP contribution in [0.15, 0.2) is 40.1 Å². The fourth-order valence-corrected chi connectivity index (χ4v) is 4.53. The minimum absolute atomic E-state index is 0.174. The third-order valence-electron chi connectivity index (χ3n) is 3.37. The van der Waals surface area contributed by atoms with Crippen molar-refractivity contribution in [2.45, 2.75) is 18.2 Å². The molecule has 2 N–H and O–H groups in total. The Bertz CT molecular complexity index is 970. The standard InChI is InChI=1S/C18H18N4O3S3/c1-3-25-13-7-5-4-6-12(13)19-15(23)10-27-18-22-21-17(28-18)20-16(24)14-8-11(2)9-26-14/h4-9H,3,10H2,1-2H3,(H,19,23)(H,20,21,24). The lowest BCUT2D eigenvalue weighted by molar-refractivity contribution is -0.113. The van der Waals surface area contributed by atoms with Gasteiger partial charge in [-0.2, -0.15) is 0 Å². The summed E-state index contributed by atoms with van der Waals surface area (Å²) in [6.07, 6.45) is 0. The molecule has 2 heterocycles. The summed E-state index contributed by atoms with van der Waals surface area (Å²) >= 11 is 3.87. The molecule has 0 aliphatic carbocycles. The number of thiophene rings is 1. The number of nitrogens with one attached hydrogen (secondary N) is 2. The molecule has 0 saturated heterocycles. The molecule has 2 amide bonds. The summed E-state index contributed by atoms with van der Waals surface area (Å²) in [5.41, 5.74) is 1.67. The number of aromatic nitrogens is 2. The van der Waals surface area contributed by atoms with Gasteiger partial charge in [0.2, 0.25) is 11.0 Å². The normalized spacial score (nSPS) is 10.5. The molecule has 28 heavy (non-hydrogen) atoms. The number of nitrogens with zero attached hydrogens (tertiary/aromatic N) is 2. The molecule has 0 bridgehead atoms. The van der Waals surface area contributed by atoms with Gasteiger partial charge in [-0.3, -0.25) is 14.9 Å². The number of ether oxygens (including phenoxy) is 1. The zero-order chi connectivity index (χ0) is 19.9. The van der Waals surface area contributed by atoms with Gasteiger partial charge in [-0.1, -0.05) is 35.2 Å². The van der Waals surface area contributed by atoms with Crippen molar-refractivity contribution in [3.05, 3.63) is 46.2 Å². The summed E-state index contributed by atoms with van der Waals surface area (Å²) in [6, 6.07) is 9.10. The van der Waals surface area contributed by atoms with Crippen LogP contribution in [0, 0.1) is 6.92 Å². The summed E-state index contributed by atoms with van der Waals surface area (Å²) in [4.78, 5) is 25.0. The average Bonchev–Trinajstić information content (AvgIpc) is 3.31. The van der Waals surface area contributed by atoms with Gasteiger partial charge in [0, 0.05) is 0 Å². The summed E-state index contributed by atoms with van der Waals surface area (Å²) in [5, 5.41) is 15.8. The van der Waals surface area contributed by atoms with E-state index in [9.17, 15) is 9.59 Å². The molecule has 0 fully saturated rings. The summed E-state index contributed by atoms with van der Waals surface area (Å²) in [7, 11) is 0. The van der Waals surface area contributed by atoms with E-state index >= 15 is 0 Å². The molecule has 0 aliphatic rings. The number of anilines is 2. The van der Waals surface area contributed by atoms with Crippen molar-refractivity contribution in [2.24, 2.45) is 0 Å². The van der Waals surface area contributed by atoms with Crippen LogP contribution < -0.4 is 15.4 Å². The number of thioether (sulfide) groups is 1. The van der Waals surface area contributed by atoms with Crippen molar-refractivity contribution in [3.8, 4) is 5.75 Å². The smallest absolute Gasteiger partial charge is 0.267 e. The quantitative estimate of drug-likeness (QED) is 0.406. The first kappa shape index (κ1) is 20.3. The Balaban J connectivity index is 1.51. The molecule has 0 radical (unpaired) electrons. The van der Waals surface area contributed by atoms with Crippen LogP contribution in [0.4, 0.5) is 10.8 Å². The monoisotopic (exact) mass is 434 g/mol. The molecule has 2 aromatic heterocycles. The van der Waals surface area contributed by atoms with E-state index in [1.807, 2.05) is 37.4 Å². The highest BCUT2D eigenvalue weighted by molar-refractivity contribution is 8.01. The second-order valence-electron chi connectivity index (χ2n) is 5.58. The molecular weight excluding hydrogens is 416 g/mol. The molecule has 0 atom stereocenters. The zero-order valence-corrected chi connectivity index (χ0v) is 17.7. The van der Waals surface area contributed by atoms with Crippen molar-refractivity contribution in [1.29, 1.82) is 0 Å². The van der Waals surface area contributed by atoms with Gasteiger partial charge in [-0.05, 0) is 43.0 Å². The Kier molecular flexibility index (Phi) is 7.01. The third-order valence-corrected chi connectivity index (χ3v) is 6.39. The van der Waals surface area contributed by atoms with Gasteiger partial charge >= 0.3 is 0 Å². The summed E-state index contributed by atoms with van der Waals surface area (Å²) in [5.74, 6) is 0.420. The van der Waals surface area contributed by atoms with E-state index in [1.165, 1.54) is 34.4 Å². The lowest BCUT2D eigenvalue weighted by Gasteiger charge is -2.10. The predicted molar refractivity (Wildman–Crippen MR) is 114 cm³/mol. The van der Waals surface area contributed by atoms with Gasteiger partial charge in [-0.25, -0.2) is 0 Å². The van der Waals surface area contributed by atoms with Gasteiger partial charge in [0.25, 0.3) is 5.91 Å². The molecule has 0 aliphatic heterocycles. The molecule has 7 nitrogen and oxygen atoms in total. The first-order valence-corrected chi connectivity index (χ1v) is 11.1. The summed E-state index contributed by atoms with van der Waals surface area (Å²) < 4.78 is 6.10. The van der Waals surface area contributed by atoms with E-state index in [-0.39, 0.29) is 17.6 Å². The van der Waals surface area contributed by atoms with Crippen LogP contribution >= 0.6 is 34.4 Å². The maximum absolute atomic E-state index is 12.2. The number of hydrogen-bond donors (Lipinski definition) is 2. The molecule has 0 spiro atoms. The second kappa shape index (κ2) is 9.67. The van der Waals surface area contributed by atoms with E-state index in [0.29, 0.717) is 32.4 Å². The van der Waals surface area contributed by atoms with Crippen molar-refractivity contribution < 1.29 is 14.3 Å². The lowest BCUT2D eigenvalue weighted by Crippen LogP contribution is -2.14. The van der Waals surface area contributed by atoms with Crippen molar-refractivity contribution in [3.63, 3.8) is 0 Å². The highest BCUT2D eigenvalue weighted by Crippen LogP contribution is 2.28. The average molecular weight is 435 g/mol. The number of aryl methyl sites for hydroxylation is 1. The van der Waals surface area contributed by atoms with Crippen LogP contribution in [0.2, 0.25) is 0 Å². The Hall–Kier alpha value is -2.43. The maximum Gasteiger partial charge on any atom is 0.267 e. The Labute approximate surface area is 174 Å². The SMILES string of the molecule is CCOc1ccccc1NC(=O)CSc1nnc(NC(=O)c2cc(C)cs2)s1. The van der Waals surface area contributed by atoms with E-state index in [0.717, 1.165) is 5.56 Å². The van der Waals surface area contributed by atoms with Crippen LogP contribution in [0.1, 0.15) is 22.2 Å². The fraction of sp³-hybridized carbons (Fsp3) is 0.222. The lowest BCUT2D eigenvalue weighted by atomic mass is 10.3. The van der Waals surface area contributed by atoms with E-state index in [1.54, 1.807) is 12.1 Å². The van der Waals surface area contributed by atoms with E-state index in [4.69, 9.17) is 4.74 Å². The molecule has 0 unspecified atom stereocenters. The second-order valence-corrected chi connectivity index (χ2v) is 8.69. The first-order chi connectivity index (χ1) is 13.5. The molecule has 3 aromatic rings. The molecule has 0 saturated carbocycles. The van der Waals surface area contributed by atoms with Crippen LogP contribution in [0.3, 0.4) is 0 Å². The molecule has 3 rings (SSSR count). The zero-order valence-electron chi connectivity index (χ0n) is 15.2. The Morgan fingerprint density at radius 2 is 2.04 bits per heavy atom. The summed E-state index contributed by atoms with van der Waals surface area (Å²) in [6.45, 7) is 4.34. The van der Waals surface area contributed by atoms with Crippen molar-refractivity contribution in [2.75, 3.05) is 23.0 Å². The van der Waals surface area contributed by atoms with Gasteiger partial charge in [0.15, 0.2) is 4.34 Å². The third kappa shape index (κ3) is 5.54. The van der Waals surface area contributed by atoms with Gasteiger partial charge in [0.05, 0.1) is 22.9 Å². The molecule has 1 aromatic carbocycles. The predicted octanol–water partition coefficient (Wildman–Crippen LogP) is 4.29. The minimum atomic E-state index is -0.212. The van der Waals surface area contributed by atoms with Crippen LogP contribution in [0.25, 0.3) is 0 Å². The van der Waals surface area contributed by atoms with Crippen molar-refractivity contribution >= 4 is 57.1 Å². The Morgan fingerprint density at radius 3 is 2.79 bits per heavy atom. The molecule has 10 heteroatoms. The number of amides is 2. The van der Waals surface area contributed by atoms with Crippen molar-refractivity contribution in [1.82, 2.24) is 10.2 Å². The largest absolute Gasteiger partial charge is 0.492 e. The van der Waals surface area contributed by atoms with Gasteiger partial charge in [-0.15, -0.1) is 21.5 Å².